The lowest BCUT2D eigenvalue weighted by atomic mass is 10.3. The summed E-state index contributed by atoms with van der Waals surface area (Å²) in [6.45, 7) is 0. The zero-order chi connectivity index (χ0) is 11.5. The molecule has 2 aromatic rings. The third kappa shape index (κ3) is 2.90. The SMILES string of the molecule is Oc1ccc(Sc2ncc(Br)cc2Cl)cc1. The Balaban J connectivity index is 2.23. The molecule has 0 atom stereocenters. The zero-order valence-corrected chi connectivity index (χ0v) is 11.2. The van der Waals surface area contributed by atoms with Crippen molar-refractivity contribution in [1.82, 2.24) is 4.98 Å². The van der Waals surface area contributed by atoms with E-state index < -0.39 is 0 Å². The molecular weight excluding hydrogens is 310 g/mol. The Morgan fingerprint density at radius 3 is 2.56 bits per heavy atom. The van der Waals surface area contributed by atoms with Gasteiger partial charge in [-0.15, -0.1) is 0 Å². The van der Waals surface area contributed by atoms with Gasteiger partial charge in [-0.3, -0.25) is 0 Å². The van der Waals surface area contributed by atoms with Gasteiger partial charge in [0.1, 0.15) is 10.8 Å². The molecule has 5 heteroatoms. The molecule has 82 valence electrons. The molecule has 0 aliphatic rings. The van der Waals surface area contributed by atoms with Crippen molar-refractivity contribution < 1.29 is 5.11 Å². The van der Waals surface area contributed by atoms with Gasteiger partial charge in [-0.1, -0.05) is 23.4 Å². The van der Waals surface area contributed by atoms with Gasteiger partial charge in [-0.2, -0.15) is 0 Å². The zero-order valence-electron chi connectivity index (χ0n) is 8.02. The van der Waals surface area contributed by atoms with Crippen LogP contribution in [0.1, 0.15) is 0 Å². The van der Waals surface area contributed by atoms with Gasteiger partial charge in [0.05, 0.1) is 5.02 Å². The second kappa shape index (κ2) is 5.08. The maximum absolute atomic E-state index is 9.16. The van der Waals surface area contributed by atoms with Crippen molar-refractivity contribution in [1.29, 1.82) is 0 Å². The standard InChI is InChI=1S/C11H7BrClNOS/c12-7-5-10(13)11(14-6-7)16-9-3-1-8(15)2-4-9/h1-6,15H. The van der Waals surface area contributed by atoms with E-state index in [0.717, 1.165) is 14.4 Å². The summed E-state index contributed by atoms with van der Waals surface area (Å²) in [6, 6.07) is 8.71. The molecule has 0 bridgehead atoms. The summed E-state index contributed by atoms with van der Waals surface area (Å²) < 4.78 is 0.854. The number of phenols is 1. The maximum Gasteiger partial charge on any atom is 0.119 e. The first-order valence-corrected chi connectivity index (χ1v) is 6.42. The lowest BCUT2D eigenvalue weighted by Gasteiger charge is -2.03. The Morgan fingerprint density at radius 1 is 1.25 bits per heavy atom. The molecule has 1 N–H and O–H groups in total. The summed E-state index contributed by atoms with van der Waals surface area (Å²) in [7, 11) is 0. The van der Waals surface area contributed by atoms with Crippen molar-refractivity contribution in [2.24, 2.45) is 0 Å². The molecule has 0 unspecified atom stereocenters. The van der Waals surface area contributed by atoms with Gasteiger partial charge in [-0.25, -0.2) is 4.98 Å². The van der Waals surface area contributed by atoms with Crippen LogP contribution < -0.4 is 0 Å². The molecule has 0 aliphatic carbocycles. The van der Waals surface area contributed by atoms with Crippen LogP contribution in [-0.2, 0) is 0 Å². The first-order valence-electron chi connectivity index (χ1n) is 4.43. The number of rotatable bonds is 2. The Bertz CT molecular complexity index is 504. The van der Waals surface area contributed by atoms with Crippen molar-refractivity contribution in [2.75, 3.05) is 0 Å². The van der Waals surface area contributed by atoms with Gasteiger partial charge in [0.15, 0.2) is 0 Å². The lowest BCUT2D eigenvalue weighted by molar-refractivity contribution is 0.475. The number of phenolic OH excluding ortho intramolecular Hbond substituents is 1. The van der Waals surface area contributed by atoms with E-state index in [0.29, 0.717) is 5.02 Å². The minimum atomic E-state index is 0.249. The molecule has 0 saturated carbocycles. The molecule has 0 spiro atoms. The predicted molar refractivity (Wildman–Crippen MR) is 69.2 cm³/mol. The number of hydrogen-bond acceptors (Lipinski definition) is 3. The van der Waals surface area contributed by atoms with Crippen LogP contribution in [0.5, 0.6) is 5.75 Å². The molecule has 1 heterocycles. The molecule has 1 aromatic carbocycles. The second-order valence-electron chi connectivity index (χ2n) is 3.04. The normalized spacial score (nSPS) is 10.4. The summed E-state index contributed by atoms with van der Waals surface area (Å²) in [5, 5.41) is 10.5. The van der Waals surface area contributed by atoms with Crippen molar-refractivity contribution in [3.8, 4) is 5.75 Å². The van der Waals surface area contributed by atoms with Crippen LogP contribution in [0.3, 0.4) is 0 Å². The van der Waals surface area contributed by atoms with Crippen molar-refractivity contribution >= 4 is 39.3 Å². The van der Waals surface area contributed by atoms with Crippen molar-refractivity contribution in [3.63, 3.8) is 0 Å². The topological polar surface area (TPSA) is 33.1 Å². The fourth-order valence-electron chi connectivity index (χ4n) is 1.10. The summed E-state index contributed by atoms with van der Waals surface area (Å²) in [4.78, 5) is 5.20. The van der Waals surface area contributed by atoms with Gasteiger partial charge in [0.25, 0.3) is 0 Å². The molecule has 16 heavy (non-hydrogen) atoms. The van der Waals surface area contributed by atoms with Gasteiger partial charge in [0.2, 0.25) is 0 Å². The summed E-state index contributed by atoms with van der Waals surface area (Å²) in [6.07, 6.45) is 1.70. The number of nitrogens with zero attached hydrogens (tertiary/aromatic N) is 1. The third-order valence-electron chi connectivity index (χ3n) is 1.83. The molecule has 2 nitrogen and oxygen atoms in total. The van der Waals surface area contributed by atoms with Crippen LogP contribution in [0.15, 0.2) is 50.9 Å². The van der Waals surface area contributed by atoms with Crippen LogP contribution in [0.2, 0.25) is 5.02 Å². The Kier molecular flexibility index (Phi) is 3.74. The summed E-state index contributed by atoms with van der Waals surface area (Å²) in [5.41, 5.74) is 0. The smallest absolute Gasteiger partial charge is 0.119 e. The van der Waals surface area contributed by atoms with E-state index in [1.807, 2.05) is 12.1 Å². The Labute approximate surface area is 111 Å². The maximum atomic E-state index is 9.16. The van der Waals surface area contributed by atoms with Gasteiger partial charge < -0.3 is 5.11 Å². The summed E-state index contributed by atoms with van der Waals surface area (Å²) >= 11 is 10.8. The number of halogens is 2. The van der Waals surface area contributed by atoms with Gasteiger partial charge >= 0.3 is 0 Å². The summed E-state index contributed by atoms with van der Waals surface area (Å²) in [5.74, 6) is 0.249. The lowest BCUT2D eigenvalue weighted by Crippen LogP contribution is -1.81. The number of aromatic hydroxyl groups is 1. The van der Waals surface area contributed by atoms with Crippen LogP contribution >= 0.6 is 39.3 Å². The predicted octanol–water partition coefficient (Wildman–Crippen LogP) is 4.35. The Hall–Kier alpha value is -0.710. The first kappa shape index (κ1) is 11.8. The molecule has 2 rings (SSSR count). The monoisotopic (exact) mass is 315 g/mol. The largest absolute Gasteiger partial charge is 0.508 e. The van der Waals surface area contributed by atoms with E-state index in [-0.39, 0.29) is 5.75 Å². The number of benzene rings is 1. The molecule has 0 fully saturated rings. The highest BCUT2D eigenvalue weighted by molar-refractivity contribution is 9.10. The molecule has 0 aliphatic heterocycles. The highest BCUT2D eigenvalue weighted by Gasteiger charge is 2.05. The fourth-order valence-corrected chi connectivity index (χ4v) is 2.61. The van der Waals surface area contributed by atoms with E-state index in [1.54, 1.807) is 24.4 Å². The quantitative estimate of drug-likeness (QED) is 0.894. The van der Waals surface area contributed by atoms with Crippen LogP contribution in [0.25, 0.3) is 0 Å². The van der Waals surface area contributed by atoms with E-state index in [2.05, 4.69) is 20.9 Å². The number of pyridine rings is 1. The minimum absolute atomic E-state index is 0.249. The highest BCUT2D eigenvalue weighted by Crippen LogP contribution is 2.33. The van der Waals surface area contributed by atoms with Crippen LogP contribution in [0, 0.1) is 0 Å². The molecule has 0 radical (unpaired) electrons. The van der Waals surface area contributed by atoms with Crippen molar-refractivity contribution in [3.05, 3.63) is 46.0 Å². The second-order valence-corrected chi connectivity index (χ2v) is 5.42. The molecular formula is C11H7BrClNOS. The highest BCUT2D eigenvalue weighted by atomic mass is 79.9. The number of hydrogen-bond donors (Lipinski definition) is 1. The van der Waals surface area contributed by atoms with E-state index in [4.69, 9.17) is 16.7 Å². The number of aromatic nitrogens is 1. The molecule has 0 amide bonds. The molecule has 1 aromatic heterocycles. The first-order chi connectivity index (χ1) is 7.65. The van der Waals surface area contributed by atoms with Crippen molar-refractivity contribution in [2.45, 2.75) is 9.92 Å². The fraction of sp³-hybridized carbons (Fsp3) is 0. The van der Waals surface area contributed by atoms with Gasteiger partial charge in [0, 0.05) is 15.6 Å². The van der Waals surface area contributed by atoms with Gasteiger partial charge in [-0.05, 0) is 46.3 Å². The minimum Gasteiger partial charge on any atom is -0.508 e. The van der Waals surface area contributed by atoms with E-state index >= 15 is 0 Å². The van der Waals surface area contributed by atoms with E-state index in [9.17, 15) is 0 Å². The van der Waals surface area contributed by atoms with Crippen LogP contribution in [-0.4, -0.2) is 10.1 Å². The average Bonchev–Trinajstić information content (AvgIpc) is 2.25. The molecule has 0 saturated heterocycles. The average molecular weight is 317 g/mol. The van der Waals surface area contributed by atoms with Crippen LogP contribution in [0.4, 0.5) is 0 Å². The third-order valence-corrected chi connectivity index (χ3v) is 3.69. The Morgan fingerprint density at radius 2 is 1.94 bits per heavy atom. The van der Waals surface area contributed by atoms with E-state index in [1.165, 1.54) is 11.8 Å².